The molecule has 2 heterocycles. The minimum Gasteiger partial charge on any atom is -0.491 e. The predicted molar refractivity (Wildman–Crippen MR) is 136 cm³/mol. The maximum Gasteiger partial charge on any atom is 0.338 e. The van der Waals surface area contributed by atoms with E-state index in [0.717, 1.165) is 0 Å². The Morgan fingerprint density at radius 3 is 2.50 bits per heavy atom. The fourth-order valence-electron chi connectivity index (χ4n) is 4.03. The van der Waals surface area contributed by atoms with Gasteiger partial charge in [-0.3, -0.25) is 9.36 Å². The van der Waals surface area contributed by atoms with Crippen LogP contribution in [0.1, 0.15) is 55.2 Å². The SMILES string of the molecule is CCOC(=O)C1=C(C)N=c2sc(=Cc3ccc(C(=O)O)cc3)c(=O)n2[C@H]1c1ccccc1OC(C)C. The fourth-order valence-corrected chi connectivity index (χ4v) is 5.07. The number of carbonyl (C=O) groups is 2. The van der Waals surface area contributed by atoms with Crippen LogP contribution in [0.25, 0.3) is 6.08 Å². The summed E-state index contributed by atoms with van der Waals surface area (Å²) < 4.78 is 13.3. The van der Waals surface area contributed by atoms with E-state index in [2.05, 4.69) is 4.99 Å². The molecule has 1 aromatic heterocycles. The molecule has 186 valence electrons. The molecule has 0 saturated carbocycles. The number of aromatic carboxylic acids is 1. The van der Waals surface area contributed by atoms with E-state index in [-0.39, 0.29) is 29.4 Å². The molecule has 8 nitrogen and oxygen atoms in total. The van der Waals surface area contributed by atoms with E-state index in [4.69, 9.17) is 14.6 Å². The molecule has 0 radical (unpaired) electrons. The smallest absolute Gasteiger partial charge is 0.338 e. The average molecular weight is 507 g/mol. The van der Waals surface area contributed by atoms with Crippen LogP contribution in [0.15, 0.2) is 69.6 Å². The maximum absolute atomic E-state index is 13.7. The Morgan fingerprint density at radius 2 is 1.86 bits per heavy atom. The summed E-state index contributed by atoms with van der Waals surface area (Å²) in [5, 5.41) is 9.14. The zero-order chi connectivity index (χ0) is 26.0. The standard InChI is InChI=1S/C27H26N2O6S/c1-5-34-26(33)22-16(4)28-27-29(23(22)19-8-6-7-9-20(19)35-15(2)3)24(30)21(36-27)14-17-10-12-18(13-11-17)25(31)32/h6-15,23H,5H2,1-4H3,(H,31,32)/t23-/m0/s1. The highest BCUT2D eigenvalue weighted by Crippen LogP contribution is 2.36. The maximum atomic E-state index is 13.7. The molecule has 1 aliphatic heterocycles. The van der Waals surface area contributed by atoms with Gasteiger partial charge in [0.1, 0.15) is 11.8 Å². The van der Waals surface area contributed by atoms with Crippen molar-refractivity contribution in [2.45, 2.75) is 39.8 Å². The fraction of sp³-hybridized carbons (Fsp3) is 0.259. The highest BCUT2D eigenvalue weighted by atomic mass is 32.1. The third kappa shape index (κ3) is 4.87. The summed E-state index contributed by atoms with van der Waals surface area (Å²) >= 11 is 1.20. The van der Waals surface area contributed by atoms with E-state index < -0.39 is 18.0 Å². The second-order valence-corrected chi connectivity index (χ2v) is 9.44. The number of hydrogen-bond donors (Lipinski definition) is 1. The molecule has 0 bridgehead atoms. The largest absolute Gasteiger partial charge is 0.491 e. The molecule has 1 atom stereocenters. The van der Waals surface area contributed by atoms with Crippen molar-refractivity contribution in [2.24, 2.45) is 4.99 Å². The lowest BCUT2D eigenvalue weighted by atomic mass is 9.95. The molecule has 1 aliphatic rings. The normalized spacial score (nSPS) is 15.5. The molecule has 3 aromatic rings. The van der Waals surface area contributed by atoms with E-state index in [0.29, 0.717) is 31.9 Å². The van der Waals surface area contributed by atoms with Crippen molar-refractivity contribution < 1.29 is 24.2 Å². The molecule has 2 aromatic carbocycles. The van der Waals surface area contributed by atoms with Gasteiger partial charge in [-0.2, -0.15) is 0 Å². The van der Waals surface area contributed by atoms with Crippen LogP contribution in [-0.2, 0) is 9.53 Å². The van der Waals surface area contributed by atoms with Crippen molar-refractivity contribution in [2.75, 3.05) is 6.61 Å². The highest BCUT2D eigenvalue weighted by molar-refractivity contribution is 7.07. The minimum absolute atomic E-state index is 0.119. The van der Waals surface area contributed by atoms with E-state index >= 15 is 0 Å². The first kappa shape index (κ1) is 25.1. The summed E-state index contributed by atoms with van der Waals surface area (Å²) in [5.41, 5.74) is 1.91. The van der Waals surface area contributed by atoms with Crippen LogP contribution in [0.2, 0.25) is 0 Å². The zero-order valence-corrected chi connectivity index (χ0v) is 21.2. The second kappa shape index (κ2) is 10.3. The van der Waals surface area contributed by atoms with Crippen molar-refractivity contribution in [3.8, 4) is 5.75 Å². The third-order valence-corrected chi connectivity index (χ3v) is 6.53. The average Bonchev–Trinajstić information content (AvgIpc) is 3.13. The number of benzene rings is 2. The van der Waals surface area contributed by atoms with E-state index in [1.165, 1.54) is 28.0 Å². The number of ether oxygens (including phenoxy) is 2. The number of rotatable bonds is 7. The van der Waals surface area contributed by atoms with Crippen LogP contribution in [0.3, 0.4) is 0 Å². The lowest BCUT2D eigenvalue weighted by molar-refractivity contribution is -0.139. The van der Waals surface area contributed by atoms with Crippen LogP contribution in [0.5, 0.6) is 5.75 Å². The lowest BCUT2D eigenvalue weighted by Gasteiger charge is -2.26. The molecule has 0 fully saturated rings. The van der Waals surface area contributed by atoms with Gasteiger partial charge >= 0.3 is 11.9 Å². The molecule has 0 amide bonds. The van der Waals surface area contributed by atoms with Gasteiger partial charge in [0.2, 0.25) is 0 Å². The number of hydrogen-bond acceptors (Lipinski definition) is 7. The molecule has 0 saturated heterocycles. The Morgan fingerprint density at radius 1 is 1.17 bits per heavy atom. The Labute approximate surface area is 211 Å². The van der Waals surface area contributed by atoms with Gasteiger partial charge in [0, 0.05) is 5.56 Å². The molecule has 1 N–H and O–H groups in total. The Kier molecular flexibility index (Phi) is 7.21. The van der Waals surface area contributed by atoms with E-state index in [9.17, 15) is 14.4 Å². The first-order valence-electron chi connectivity index (χ1n) is 11.5. The van der Waals surface area contributed by atoms with Crippen molar-refractivity contribution in [1.82, 2.24) is 4.57 Å². The summed E-state index contributed by atoms with van der Waals surface area (Å²) in [6.45, 7) is 7.45. The second-order valence-electron chi connectivity index (χ2n) is 8.43. The summed E-state index contributed by atoms with van der Waals surface area (Å²) in [6, 6.07) is 12.8. The van der Waals surface area contributed by atoms with Gasteiger partial charge in [0.15, 0.2) is 4.80 Å². The van der Waals surface area contributed by atoms with E-state index in [1.807, 2.05) is 38.1 Å². The van der Waals surface area contributed by atoms with Gasteiger partial charge in [0.25, 0.3) is 5.56 Å². The minimum atomic E-state index is -1.02. The number of para-hydroxylation sites is 1. The lowest BCUT2D eigenvalue weighted by Crippen LogP contribution is -2.40. The predicted octanol–water partition coefficient (Wildman–Crippen LogP) is 3.28. The number of aromatic nitrogens is 1. The number of fused-ring (bicyclic) bond motifs is 1. The molecule has 0 spiro atoms. The number of allylic oxidation sites excluding steroid dienone is 1. The number of carboxylic acid groups (broad SMARTS) is 1. The van der Waals surface area contributed by atoms with Gasteiger partial charge in [0.05, 0.1) is 34.1 Å². The Balaban J connectivity index is 1.94. The zero-order valence-electron chi connectivity index (χ0n) is 20.3. The number of esters is 1. The topological polar surface area (TPSA) is 107 Å². The molecule has 0 unspecified atom stereocenters. The van der Waals surface area contributed by atoms with E-state index in [1.54, 1.807) is 32.1 Å². The van der Waals surface area contributed by atoms with Crippen LogP contribution >= 0.6 is 11.3 Å². The number of thiazole rings is 1. The van der Waals surface area contributed by atoms with Crippen molar-refractivity contribution in [1.29, 1.82) is 0 Å². The molecular weight excluding hydrogens is 480 g/mol. The number of carboxylic acids is 1. The van der Waals surface area contributed by atoms with Crippen LogP contribution < -0.4 is 19.6 Å². The molecule has 36 heavy (non-hydrogen) atoms. The first-order chi connectivity index (χ1) is 17.2. The third-order valence-electron chi connectivity index (χ3n) is 5.55. The molecule has 9 heteroatoms. The Hall–Kier alpha value is -3.98. The van der Waals surface area contributed by atoms with Gasteiger partial charge in [-0.15, -0.1) is 0 Å². The summed E-state index contributed by atoms with van der Waals surface area (Å²) in [7, 11) is 0. The van der Waals surface area contributed by atoms with Crippen LogP contribution in [0.4, 0.5) is 0 Å². The van der Waals surface area contributed by atoms with Crippen molar-refractivity contribution >= 4 is 29.4 Å². The molecular formula is C27H26N2O6S. The van der Waals surface area contributed by atoms with Crippen molar-refractivity contribution in [3.63, 3.8) is 0 Å². The molecule has 4 rings (SSSR count). The summed E-state index contributed by atoms with van der Waals surface area (Å²) in [5.74, 6) is -1.00. The summed E-state index contributed by atoms with van der Waals surface area (Å²) in [6.07, 6.45) is 1.57. The highest BCUT2D eigenvalue weighted by Gasteiger charge is 2.35. The Bertz CT molecular complexity index is 1530. The monoisotopic (exact) mass is 506 g/mol. The molecule has 0 aliphatic carbocycles. The van der Waals surface area contributed by atoms with Gasteiger partial charge < -0.3 is 14.6 Å². The quantitative estimate of drug-likeness (QED) is 0.493. The van der Waals surface area contributed by atoms with Crippen LogP contribution in [0, 0.1) is 0 Å². The van der Waals surface area contributed by atoms with Gasteiger partial charge in [-0.05, 0) is 57.5 Å². The number of nitrogens with zero attached hydrogens (tertiary/aromatic N) is 2. The van der Waals surface area contributed by atoms with Crippen molar-refractivity contribution in [3.05, 3.63) is 96.2 Å². The summed E-state index contributed by atoms with van der Waals surface area (Å²) in [4.78, 5) is 43.0. The van der Waals surface area contributed by atoms with Gasteiger partial charge in [-0.25, -0.2) is 14.6 Å². The van der Waals surface area contributed by atoms with Gasteiger partial charge in [-0.1, -0.05) is 41.7 Å². The number of carbonyl (C=O) groups excluding carboxylic acids is 1. The van der Waals surface area contributed by atoms with Crippen LogP contribution in [-0.4, -0.2) is 34.3 Å². The first-order valence-corrected chi connectivity index (χ1v) is 12.3.